The highest BCUT2D eigenvalue weighted by Gasteiger charge is 2.13. The highest BCUT2D eigenvalue weighted by Crippen LogP contribution is 2.21. The Bertz CT molecular complexity index is 692. The Morgan fingerprint density at radius 1 is 1.25 bits per heavy atom. The van der Waals surface area contributed by atoms with Gasteiger partial charge in [0.2, 0.25) is 0 Å². The summed E-state index contributed by atoms with van der Waals surface area (Å²) < 4.78 is 18.2. The molecule has 2 N–H and O–H groups in total. The Kier molecular flexibility index (Phi) is 6.58. The molecule has 0 aliphatic carbocycles. The lowest BCUT2D eigenvalue weighted by Crippen LogP contribution is -3.08. The van der Waals surface area contributed by atoms with Gasteiger partial charge in [-0.25, -0.2) is 4.39 Å². The second kappa shape index (κ2) is 8.66. The third-order valence-corrected chi connectivity index (χ3v) is 3.84. The van der Waals surface area contributed by atoms with Gasteiger partial charge >= 0.3 is 0 Å². The average molecular weight is 352 g/mol. The van der Waals surface area contributed by atoms with Crippen LogP contribution < -0.4 is 15.0 Å². The van der Waals surface area contributed by atoms with E-state index in [4.69, 9.17) is 16.3 Å². The standard InChI is InChI=1S/C18H20ClFN2O2/c1-22(11-14-9-15(19)5-8-17(14)24-2)12-18(23)21-10-13-3-6-16(20)7-4-13/h3-9H,10-12H2,1-2H3,(H,21,23)/p+1. The van der Waals surface area contributed by atoms with Crippen LogP contribution in [0.2, 0.25) is 5.02 Å². The molecule has 0 fully saturated rings. The first-order valence-electron chi connectivity index (χ1n) is 7.63. The number of halogens is 2. The van der Waals surface area contributed by atoms with Crippen molar-refractivity contribution in [2.75, 3.05) is 20.7 Å². The maximum Gasteiger partial charge on any atom is 0.275 e. The number of quaternary nitrogens is 1. The minimum Gasteiger partial charge on any atom is -0.496 e. The van der Waals surface area contributed by atoms with Crippen molar-refractivity contribution in [3.05, 3.63) is 64.4 Å². The van der Waals surface area contributed by atoms with Crippen molar-refractivity contribution in [1.29, 1.82) is 0 Å². The predicted octanol–water partition coefficient (Wildman–Crippen LogP) is 1.82. The van der Waals surface area contributed by atoms with Crippen LogP contribution in [0.4, 0.5) is 4.39 Å². The van der Waals surface area contributed by atoms with Crippen molar-refractivity contribution in [2.45, 2.75) is 13.1 Å². The van der Waals surface area contributed by atoms with Gasteiger partial charge in [-0.1, -0.05) is 23.7 Å². The van der Waals surface area contributed by atoms with Gasteiger partial charge < -0.3 is 15.0 Å². The molecule has 0 saturated carbocycles. The lowest BCUT2D eigenvalue weighted by atomic mass is 10.2. The summed E-state index contributed by atoms with van der Waals surface area (Å²) in [6.45, 7) is 1.32. The molecular weight excluding hydrogens is 331 g/mol. The fourth-order valence-corrected chi connectivity index (χ4v) is 2.61. The summed E-state index contributed by atoms with van der Waals surface area (Å²) in [4.78, 5) is 13.0. The topological polar surface area (TPSA) is 42.8 Å². The number of hydrogen-bond donors (Lipinski definition) is 2. The molecule has 2 rings (SSSR count). The van der Waals surface area contributed by atoms with Crippen LogP contribution in [0.5, 0.6) is 5.75 Å². The highest BCUT2D eigenvalue weighted by molar-refractivity contribution is 6.30. The zero-order valence-corrected chi connectivity index (χ0v) is 14.5. The van der Waals surface area contributed by atoms with E-state index < -0.39 is 0 Å². The molecule has 0 heterocycles. The molecular formula is C18H21ClFN2O2+. The van der Waals surface area contributed by atoms with E-state index in [1.165, 1.54) is 12.1 Å². The monoisotopic (exact) mass is 351 g/mol. The molecule has 1 amide bonds. The van der Waals surface area contributed by atoms with Crippen molar-refractivity contribution in [3.8, 4) is 5.75 Å². The molecule has 0 radical (unpaired) electrons. The lowest BCUT2D eigenvalue weighted by Gasteiger charge is -2.16. The molecule has 0 aliphatic rings. The first-order valence-corrected chi connectivity index (χ1v) is 8.00. The largest absolute Gasteiger partial charge is 0.496 e. The summed E-state index contributed by atoms with van der Waals surface area (Å²) in [5.74, 6) is 0.396. The number of likely N-dealkylation sites (N-methyl/N-ethyl adjacent to an activating group) is 1. The summed E-state index contributed by atoms with van der Waals surface area (Å²) in [6.07, 6.45) is 0. The van der Waals surface area contributed by atoms with Crippen molar-refractivity contribution in [1.82, 2.24) is 5.32 Å². The van der Waals surface area contributed by atoms with Crippen molar-refractivity contribution >= 4 is 17.5 Å². The Hall–Kier alpha value is -2.11. The summed E-state index contributed by atoms with van der Waals surface area (Å²) in [7, 11) is 3.54. The SMILES string of the molecule is COc1ccc(Cl)cc1C[NH+](C)CC(=O)NCc1ccc(F)cc1. The number of carbonyl (C=O) groups is 1. The zero-order valence-electron chi connectivity index (χ0n) is 13.7. The van der Waals surface area contributed by atoms with E-state index in [-0.39, 0.29) is 11.7 Å². The Morgan fingerprint density at radius 2 is 1.96 bits per heavy atom. The molecule has 1 atom stereocenters. The van der Waals surface area contributed by atoms with Gasteiger partial charge in [0.05, 0.1) is 14.2 Å². The Balaban J connectivity index is 1.85. The Morgan fingerprint density at radius 3 is 2.62 bits per heavy atom. The van der Waals surface area contributed by atoms with E-state index in [2.05, 4.69) is 5.32 Å². The number of carbonyl (C=O) groups excluding carboxylic acids is 1. The molecule has 128 valence electrons. The van der Waals surface area contributed by atoms with Crippen molar-refractivity contribution < 1.29 is 18.8 Å². The maximum absolute atomic E-state index is 12.8. The number of amides is 1. The summed E-state index contributed by atoms with van der Waals surface area (Å²) in [5.41, 5.74) is 1.81. The molecule has 24 heavy (non-hydrogen) atoms. The number of rotatable bonds is 7. The minimum absolute atomic E-state index is 0.0715. The zero-order chi connectivity index (χ0) is 17.5. The highest BCUT2D eigenvalue weighted by atomic mass is 35.5. The summed E-state index contributed by atoms with van der Waals surface area (Å²) in [6, 6.07) is 11.5. The number of ether oxygens (including phenoxy) is 1. The van der Waals surface area contributed by atoms with E-state index in [1.807, 2.05) is 19.2 Å². The van der Waals surface area contributed by atoms with Crippen molar-refractivity contribution in [2.24, 2.45) is 0 Å². The molecule has 0 bridgehead atoms. The van der Waals surface area contributed by atoms with Gasteiger partial charge in [0.1, 0.15) is 18.1 Å². The minimum atomic E-state index is -0.287. The number of benzene rings is 2. The number of methoxy groups -OCH3 is 1. The number of nitrogens with one attached hydrogen (secondary N) is 2. The van der Waals surface area contributed by atoms with Gasteiger partial charge in [-0.3, -0.25) is 4.79 Å². The van der Waals surface area contributed by atoms with E-state index in [1.54, 1.807) is 25.3 Å². The van der Waals surface area contributed by atoms with E-state index in [0.29, 0.717) is 24.7 Å². The van der Waals surface area contributed by atoms with Gasteiger partial charge in [-0.05, 0) is 35.9 Å². The molecule has 0 saturated heterocycles. The van der Waals surface area contributed by atoms with E-state index in [9.17, 15) is 9.18 Å². The van der Waals surface area contributed by atoms with Crippen LogP contribution in [0.3, 0.4) is 0 Å². The summed E-state index contributed by atoms with van der Waals surface area (Å²) >= 11 is 6.02. The molecule has 6 heteroatoms. The maximum atomic E-state index is 12.8. The van der Waals surface area contributed by atoms with Crippen LogP contribution in [0, 0.1) is 5.82 Å². The van der Waals surface area contributed by atoms with Crippen LogP contribution in [-0.2, 0) is 17.9 Å². The van der Waals surface area contributed by atoms with Gasteiger partial charge in [-0.15, -0.1) is 0 Å². The van der Waals surface area contributed by atoms with Crippen LogP contribution in [0.25, 0.3) is 0 Å². The fourth-order valence-electron chi connectivity index (χ4n) is 2.41. The normalized spacial score (nSPS) is 11.8. The second-order valence-corrected chi connectivity index (χ2v) is 6.11. The molecule has 1 unspecified atom stereocenters. The smallest absolute Gasteiger partial charge is 0.275 e. The van der Waals surface area contributed by atoms with Crippen LogP contribution in [0.15, 0.2) is 42.5 Å². The first kappa shape index (κ1) is 18.2. The van der Waals surface area contributed by atoms with E-state index >= 15 is 0 Å². The molecule has 0 aromatic heterocycles. The summed E-state index contributed by atoms with van der Waals surface area (Å²) in [5, 5.41) is 3.47. The lowest BCUT2D eigenvalue weighted by molar-refractivity contribution is -0.885. The average Bonchev–Trinajstić information content (AvgIpc) is 2.54. The van der Waals surface area contributed by atoms with Crippen molar-refractivity contribution in [3.63, 3.8) is 0 Å². The molecule has 4 nitrogen and oxygen atoms in total. The van der Waals surface area contributed by atoms with Gasteiger partial charge in [0, 0.05) is 17.1 Å². The molecule has 0 aliphatic heterocycles. The van der Waals surface area contributed by atoms with E-state index in [0.717, 1.165) is 21.8 Å². The molecule has 2 aromatic rings. The third kappa shape index (κ3) is 5.51. The van der Waals surface area contributed by atoms with Crippen LogP contribution in [0.1, 0.15) is 11.1 Å². The third-order valence-electron chi connectivity index (χ3n) is 3.60. The van der Waals surface area contributed by atoms with Gasteiger partial charge in [0.15, 0.2) is 6.54 Å². The van der Waals surface area contributed by atoms with Gasteiger partial charge in [-0.2, -0.15) is 0 Å². The Labute approximate surface area is 146 Å². The fraction of sp³-hybridized carbons (Fsp3) is 0.278. The predicted molar refractivity (Wildman–Crippen MR) is 91.7 cm³/mol. The van der Waals surface area contributed by atoms with Crippen LogP contribution in [-0.4, -0.2) is 26.6 Å². The first-order chi connectivity index (χ1) is 11.5. The number of hydrogen-bond acceptors (Lipinski definition) is 2. The van der Waals surface area contributed by atoms with Gasteiger partial charge in [0.25, 0.3) is 5.91 Å². The quantitative estimate of drug-likeness (QED) is 0.799. The molecule has 2 aromatic carbocycles. The van der Waals surface area contributed by atoms with Crippen LogP contribution >= 0.6 is 11.6 Å². The molecule has 0 spiro atoms. The second-order valence-electron chi connectivity index (χ2n) is 5.67.